The molecule has 1 aliphatic carbocycles. The molecule has 1 aromatic carbocycles. The Morgan fingerprint density at radius 1 is 1.20 bits per heavy atom. The molecule has 0 radical (unpaired) electrons. The van der Waals surface area contributed by atoms with Crippen LogP contribution in [0.2, 0.25) is 0 Å². The zero-order valence-electron chi connectivity index (χ0n) is 13.2. The number of amides is 1. The van der Waals surface area contributed by atoms with E-state index in [1.54, 1.807) is 6.07 Å². The molecule has 6 nitrogen and oxygen atoms in total. The first-order valence-corrected chi connectivity index (χ1v) is 12.6. The van der Waals surface area contributed by atoms with Crippen LogP contribution in [0.4, 0.5) is 0 Å². The molecule has 138 valence electrons. The standard InChI is InChI=1S/C15H16I3NO5S/c1-25(22,23)19-14(20)8-3-2-4-10(5-8)24-15(21)11-6-9(16)7-12(17)13(11)18/h6-8,10H,2-5H2,1H3,(H,19,20). The summed E-state index contributed by atoms with van der Waals surface area (Å²) in [5, 5.41) is 0. The Hall–Kier alpha value is 0.300. The van der Waals surface area contributed by atoms with E-state index in [0.717, 1.165) is 17.0 Å². The van der Waals surface area contributed by atoms with Gasteiger partial charge in [-0.2, -0.15) is 0 Å². The topological polar surface area (TPSA) is 89.5 Å². The zero-order chi connectivity index (χ0) is 18.8. The van der Waals surface area contributed by atoms with Gasteiger partial charge in [-0.25, -0.2) is 13.2 Å². The fraction of sp³-hybridized carbons (Fsp3) is 0.467. The fourth-order valence-electron chi connectivity index (χ4n) is 2.68. The molecule has 2 rings (SSSR count). The van der Waals surface area contributed by atoms with Crippen LogP contribution in [0.1, 0.15) is 36.0 Å². The lowest BCUT2D eigenvalue weighted by Gasteiger charge is -2.28. The predicted molar refractivity (Wildman–Crippen MR) is 119 cm³/mol. The van der Waals surface area contributed by atoms with E-state index in [1.807, 2.05) is 10.8 Å². The third-order valence-electron chi connectivity index (χ3n) is 3.77. The Morgan fingerprint density at radius 2 is 1.88 bits per heavy atom. The van der Waals surface area contributed by atoms with E-state index in [2.05, 4.69) is 67.8 Å². The molecule has 2 atom stereocenters. The number of benzene rings is 1. The Morgan fingerprint density at radius 3 is 2.52 bits per heavy atom. The molecule has 0 aliphatic heterocycles. The van der Waals surface area contributed by atoms with Crippen LogP contribution in [0.3, 0.4) is 0 Å². The smallest absolute Gasteiger partial charge is 0.339 e. The summed E-state index contributed by atoms with van der Waals surface area (Å²) in [4.78, 5) is 24.5. The van der Waals surface area contributed by atoms with Gasteiger partial charge in [0.2, 0.25) is 15.9 Å². The Labute approximate surface area is 187 Å². The van der Waals surface area contributed by atoms with Crippen LogP contribution in [0.15, 0.2) is 12.1 Å². The first-order chi connectivity index (χ1) is 11.6. The van der Waals surface area contributed by atoms with E-state index >= 15 is 0 Å². The number of rotatable bonds is 4. The molecule has 0 bridgehead atoms. The highest BCUT2D eigenvalue weighted by molar-refractivity contribution is 14.1. The van der Waals surface area contributed by atoms with Crippen molar-refractivity contribution in [1.29, 1.82) is 0 Å². The normalized spacial score (nSPS) is 20.8. The number of hydrogen-bond donors (Lipinski definition) is 1. The van der Waals surface area contributed by atoms with Crippen molar-refractivity contribution >= 4 is 89.7 Å². The first kappa shape index (κ1) is 21.6. The number of halogens is 3. The maximum absolute atomic E-state index is 12.5. The summed E-state index contributed by atoms with van der Waals surface area (Å²) in [5.74, 6) is -1.40. The van der Waals surface area contributed by atoms with Gasteiger partial charge in [-0.05, 0) is 106 Å². The molecule has 1 fully saturated rings. The molecule has 1 saturated carbocycles. The van der Waals surface area contributed by atoms with Crippen molar-refractivity contribution in [2.45, 2.75) is 31.8 Å². The molecule has 1 aliphatic rings. The van der Waals surface area contributed by atoms with Crippen molar-refractivity contribution < 1.29 is 22.7 Å². The number of sulfonamides is 1. The van der Waals surface area contributed by atoms with Crippen molar-refractivity contribution in [3.05, 3.63) is 28.4 Å². The van der Waals surface area contributed by atoms with Crippen LogP contribution in [0.5, 0.6) is 0 Å². The molecule has 10 heteroatoms. The molecule has 1 aromatic rings. The fourth-order valence-corrected chi connectivity index (χ4v) is 5.58. The number of carbonyl (C=O) groups is 2. The molecule has 25 heavy (non-hydrogen) atoms. The summed E-state index contributed by atoms with van der Waals surface area (Å²) in [7, 11) is -3.58. The highest BCUT2D eigenvalue weighted by Gasteiger charge is 2.31. The van der Waals surface area contributed by atoms with Gasteiger partial charge in [-0.15, -0.1) is 0 Å². The van der Waals surface area contributed by atoms with Gasteiger partial charge in [0.1, 0.15) is 6.10 Å². The van der Waals surface area contributed by atoms with Crippen molar-refractivity contribution in [3.8, 4) is 0 Å². The SMILES string of the molecule is CS(=O)(=O)NC(=O)C1CCCC(OC(=O)c2cc(I)cc(I)c2I)C1. The second-order valence-corrected chi connectivity index (χ2v) is 11.1. The molecule has 0 saturated heterocycles. The summed E-state index contributed by atoms with van der Waals surface area (Å²) in [5.41, 5.74) is 0.514. The van der Waals surface area contributed by atoms with Crippen molar-refractivity contribution in [2.24, 2.45) is 5.92 Å². The largest absolute Gasteiger partial charge is 0.459 e. The monoisotopic (exact) mass is 703 g/mol. The summed E-state index contributed by atoms with van der Waals surface area (Å²) < 4.78 is 32.8. The lowest BCUT2D eigenvalue weighted by molar-refractivity contribution is -0.125. The maximum atomic E-state index is 12.5. The lowest BCUT2D eigenvalue weighted by atomic mass is 9.87. The Bertz CT molecular complexity index is 797. The number of hydrogen-bond acceptors (Lipinski definition) is 5. The van der Waals surface area contributed by atoms with E-state index in [-0.39, 0.29) is 6.10 Å². The number of carbonyl (C=O) groups excluding carboxylic acids is 2. The molecule has 1 N–H and O–H groups in total. The van der Waals surface area contributed by atoms with Crippen LogP contribution in [-0.2, 0) is 19.6 Å². The second-order valence-electron chi connectivity index (χ2n) is 5.88. The Balaban J connectivity index is 2.05. The van der Waals surface area contributed by atoms with Crippen LogP contribution in [-0.4, -0.2) is 32.7 Å². The summed E-state index contributed by atoms with van der Waals surface area (Å²) in [6.07, 6.45) is 2.88. The third-order valence-corrected chi connectivity index (χ3v) is 8.01. The molecular formula is C15H16I3NO5S. The first-order valence-electron chi connectivity index (χ1n) is 7.44. The van der Waals surface area contributed by atoms with E-state index < -0.39 is 27.8 Å². The highest BCUT2D eigenvalue weighted by atomic mass is 127. The van der Waals surface area contributed by atoms with Gasteiger partial charge >= 0.3 is 5.97 Å². The highest BCUT2D eigenvalue weighted by Crippen LogP contribution is 2.29. The second kappa shape index (κ2) is 8.99. The number of esters is 1. The van der Waals surface area contributed by atoms with Gasteiger partial charge < -0.3 is 4.74 Å². The third kappa shape index (κ3) is 6.45. The van der Waals surface area contributed by atoms with E-state index in [1.165, 1.54) is 0 Å². The molecule has 1 amide bonds. The van der Waals surface area contributed by atoms with Crippen molar-refractivity contribution in [3.63, 3.8) is 0 Å². The van der Waals surface area contributed by atoms with Crippen LogP contribution in [0, 0.1) is 16.6 Å². The van der Waals surface area contributed by atoms with Crippen LogP contribution in [0.25, 0.3) is 0 Å². The minimum absolute atomic E-state index is 0.338. The van der Waals surface area contributed by atoms with Gasteiger partial charge in [-0.3, -0.25) is 9.52 Å². The van der Waals surface area contributed by atoms with E-state index in [0.29, 0.717) is 31.2 Å². The zero-order valence-corrected chi connectivity index (χ0v) is 20.5. The summed E-state index contributed by atoms with van der Waals surface area (Å²) in [6, 6.07) is 3.76. The molecular weight excluding hydrogens is 687 g/mol. The summed E-state index contributed by atoms with van der Waals surface area (Å²) in [6.45, 7) is 0. The van der Waals surface area contributed by atoms with E-state index in [9.17, 15) is 18.0 Å². The minimum atomic E-state index is -3.58. The van der Waals surface area contributed by atoms with Gasteiger partial charge in [0.05, 0.1) is 11.8 Å². The average molecular weight is 703 g/mol. The van der Waals surface area contributed by atoms with Crippen molar-refractivity contribution in [1.82, 2.24) is 4.72 Å². The molecule has 0 aromatic heterocycles. The van der Waals surface area contributed by atoms with Gasteiger partial charge in [-0.1, -0.05) is 0 Å². The average Bonchev–Trinajstić information content (AvgIpc) is 2.49. The number of ether oxygens (including phenoxy) is 1. The summed E-state index contributed by atoms with van der Waals surface area (Å²) >= 11 is 6.44. The molecule has 0 spiro atoms. The Kier molecular flexibility index (Phi) is 7.77. The molecule has 0 heterocycles. The minimum Gasteiger partial charge on any atom is -0.459 e. The van der Waals surface area contributed by atoms with Crippen LogP contribution >= 0.6 is 67.8 Å². The van der Waals surface area contributed by atoms with E-state index in [4.69, 9.17) is 4.74 Å². The maximum Gasteiger partial charge on any atom is 0.339 e. The number of nitrogens with one attached hydrogen (secondary N) is 1. The quantitative estimate of drug-likeness (QED) is 0.296. The lowest BCUT2D eigenvalue weighted by Crippen LogP contribution is -2.39. The predicted octanol–water partition coefficient (Wildman–Crippen LogP) is 3.29. The van der Waals surface area contributed by atoms with Crippen molar-refractivity contribution in [2.75, 3.05) is 6.26 Å². The van der Waals surface area contributed by atoms with Gasteiger partial charge in [0.15, 0.2) is 0 Å². The molecule has 2 unspecified atom stereocenters. The van der Waals surface area contributed by atoms with Crippen LogP contribution < -0.4 is 4.72 Å². The van der Waals surface area contributed by atoms with Gasteiger partial charge in [0, 0.05) is 16.6 Å². The van der Waals surface area contributed by atoms with Gasteiger partial charge in [0.25, 0.3) is 0 Å².